The third-order valence-corrected chi connectivity index (χ3v) is 4.11. The summed E-state index contributed by atoms with van der Waals surface area (Å²) in [5.74, 6) is 0.405. The van der Waals surface area contributed by atoms with Crippen molar-refractivity contribution in [2.24, 2.45) is 0 Å². The number of non-ortho nitro benzene ring substituents is 1. The molecule has 0 spiro atoms. The van der Waals surface area contributed by atoms with E-state index in [1.165, 1.54) is 18.2 Å². The molecule has 0 unspecified atom stereocenters. The maximum Gasteiger partial charge on any atom is 0.269 e. The maximum atomic E-state index is 11.8. The number of anilines is 1. The number of nitrogens with zero attached hydrogens (tertiary/aromatic N) is 1. The van der Waals surface area contributed by atoms with Crippen molar-refractivity contribution in [3.8, 4) is 0 Å². The summed E-state index contributed by atoms with van der Waals surface area (Å²) in [5.41, 5.74) is 0.800. The summed E-state index contributed by atoms with van der Waals surface area (Å²) in [5, 5.41) is 10.6. The Morgan fingerprint density at radius 3 is 2.58 bits per heavy atom. The predicted octanol–water partition coefficient (Wildman–Crippen LogP) is 2.66. The lowest BCUT2D eigenvalue weighted by atomic mass is 10.2. The van der Waals surface area contributed by atoms with Crippen LogP contribution in [0.15, 0.2) is 18.2 Å². The smallest absolute Gasteiger partial charge is 0.269 e. The highest BCUT2D eigenvalue weighted by Crippen LogP contribution is 2.22. The van der Waals surface area contributed by atoms with Gasteiger partial charge in [0.25, 0.3) is 5.69 Å². The number of hydrogen-bond donors (Lipinski definition) is 1. The van der Waals surface area contributed by atoms with E-state index < -0.39 is 14.9 Å². The van der Waals surface area contributed by atoms with Crippen molar-refractivity contribution in [2.75, 3.05) is 16.4 Å². The minimum Gasteiger partial charge on any atom is -0.283 e. The van der Waals surface area contributed by atoms with Crippen molar-refractivity contribution in [2.45, 2.75) is 19.8 Å². The fraction of sp³-hybridized carbons (Fsp3) is 0.455. The topological polar surface area (TPSA) is 89.3 Å². The summed E-state index contributed by atoms with van der Waals surface area (Å²) in [6, 6.07) is 3.99. The van der Waals surface area contributed by atoms with E-state index in [2.05, 4.69) is 4.72 Å². The second kappa shape index (κ2) is 6.72. The summed E-state index contributed by atoms with van der Waals surface area (Å²) in [6.07, 6.45) is 1.10. The zero-order valence-electron chi connectivity index (χ0n) is 10.4. The van der Waals surface area contributed by atoms with Crippen LogP contribution in [0.5, 0.6) is 0 Å². The Balaban J connectivity index is 2.79. The largest absolute Gasteiger partial charge is 0.283 e. The fourth-order valence-electron chi connectivity index (χ4n) is 1.48. The number of nitrogens with one attached hydrogen (secondary N) is 1. The van der Waals surface area contributed by atoms with Gasteiger partial charge in [0.05, 0.1) is 16.4 Å². The van der Waals surface area contributed by atoms with Gasteiger partial charge in [-0.2, -0.15) is 0 Å². The van der Waals surface area contributed by atoms with Crippen molar-refractivity contribution in [3.63, 3.8) is 0 Å². The molecule has 19 heavy (non-hydrogen) atoms. The number of halogens is 1. The third-order valence-electron chi connectivity index (χ3n) is 2.48. The van der Waals surface area contributed by atoms with Crippen LogP contribution in [0.2, 0.25) is 0 Å². The van der Waals surface area contributed by atoms with E-state index in [9.17, 15) is 18.5 Å². The van der Waals surface area contributed by atoms with Crippen LogP contribution in [0.1, 0.15) is 18.4 Å². The summed E-state index contributed by atoms with van der Waals surface area (Å²) < 4.78 is 25.9. The zero-order chi connectivity index (χ0) is 14.5. The average molecular weight is 307 g/mol. The second-order valence-corrected chi connectivity index (χ2v) is 6.29. The minimum atomic E-state index is -3.44. The van der Waals surface area contributed by atoms with Crippen molar-refractivity contribution < 1.29 is 13.3 Å². The summed E-state index contributed by atoms with van der Waals surface area (Å²) >= 11 is 5.48. The van der Waals surface area contributed by atoms with Crippen LogP contribution in [0, 0.1) is 17.0 Å². The second-order valence-electron chi connectivity index (χ2n) is 4.07. The van der Waals surface area contributed by atoms with E-state index in [1.807, 2.05) is 0 Å². The molecule has 1 aromatic carbocycles. The van der Waals surface area contributed by atoms with Gasteiger partial charge in [-0.15, -0.1) is 11.6 Å². The first kappa shape index (κ1) is 15.7. The maximum absolute atomic E-state index is 11.8. The molecule has 0 bridgehead atoms. The van der Waals surface area contributed by atoms with Gasteiger partial charge in [0.2, 0.25) is 10.0 Å². The van der Waals surface area contributed by atoms with Crippen LogP contribution in [0.3, 0.4) is 0 Å². The van der Waals surface area contributed by atoms with E-state index in [-0.39, 0.29) is 11.4 Å². The molecular weight excluding hydrogens is 292 g/mol. The Labute approximate surface area is 117 Å². The van der Waals surface area contributed by atoms with Crippen LogP contribution >= 0.6 is 11.6 Å². The van der Waals surface area contributed by atoms with Gasteiger partial charge < -0.3 is 0 Å². The number of aryl methyl sites for hydroxylation is 1. The summed E-state index contributed by atoms with van der Waals surface area (Å²) in [7, 11) is -3.44. The van der Waals surface area contributed by atoms with Gasteiger partial charge in [-0.25, -0.2) is 8.42 Å². The van der Waals surface area contributed by atoms with E-state index in [4.69, 9.17) is 11.6 Å². The molecule has 0 saturated carbocycles. The molecule has 1 aromatic rings. The van der Waals surface area contributed by atoms with Gasteiger partial charge in [-0.05, 0) is 31.4 Å². The zero-order valence-corrected chi connectivity index (χ0v) is 12.0. The van der Waals surface area contributed by atoms with Crippen LogP contribution in [0.4, 0.5) is 11.4 Å². The van der Waals surface area contributed by atoms with Crippen LogP contribution < -0.4 is 4.72 Å². The number of hydrogen-bond acceptors (Lipinski definition) is 4. The van der Waals surface area contributed by atoms with Gasteiger partial charge in [-0.3, -0.25) is 14.8 Å². The lowest BCUT2D eigenvalue weighted by molar-refractivity contribution is -0.384. The Bertz CT molecular complexity index is 560. The number of benzene rings is 1. The lowest BCUT2D eigenvalue weighted by Gasteiger charge is -2.10. The van der Waals surface area contributed by atoms with E-state index in [1.54, 1.807) is 6.92 Å². The van der Waals surface area contributed by atoms with Crippen LogP contribution in [0.25, 0.3) is 0 Å². The molecule has 8 heteroatoms. The summed E-state index contributed by atoms with van der Waals surface area (Å²) in [4.78, 5) is 10.1. The molecule has 6 nitrogen and oxygen atoms in total. The standard InChI is InChI=1S/C11H15ClN2O4S/c1-9-8-10(14(15)16)4-5-11(9)13-19(17,18)7-3-2-6-12/h4-5,8,13H,2-3,6-7H2,1H3. The van der Waals surface area contributed by atoms with Gasteiger partial charge >= 0.3 is 0 Å². The highest BCUT2D eigenvalue weighted by atomic mass is 35.5. The molecule has 0 fully saturated rings. The first-order chi connectivity index (χ1) is 8.85. The molecular formula is C11H15ClN2O4S. The van der Waals surface area contributed by atoms with Gasteiger partial charge in [-0.1, -0.05) is 0 Å². The Morgan fingerprint density at radius 1 is 1.37 bits per heavy atom. The number of nitro groups is 1. The van der Waals surface area contributed by atoms with Gasteiger partial charge in [0.1, 0.15) is 0 Å². The molecule has 0 radical (unpaired) electrons. The van der Waals surface area contributed by atoms with Crippen LogP contribution in [-0.2, 0) is 10.0 Å². The normalized spacial score (nSPS) is 11.3. The lowest BCUT2D eigenvalue weighted by Crippen LogP contribution is -2.17. The highest BCUT2D eigenvalue weighted by molar-refractivity contribution is 7.92. The van der Waals surface area contributed by atoms with Gasteiger partial charge in [0.15, 0.2) is 0 Å². The molecule has 1 rings (SSSR count). The number of sulfonamides is 1. The molecule has 0 aliphatic carbocycles. The number of unbranched alkanes of at least 4 members (excludes halogenated alkanes) is 1. The van der Waals surface area contributed by atoms with E-state index in [0.717, 1.165) is 0 Å². The van der Waals surface area contributed by atoms with Gasteiger partial charge in [0, 0.05) is 18.0 Å². The minimum absolute atomic E-state index is 0.0177. The van der Waals surface area contributed by atoms with Crippen molar-refractivity contribution in [1.29, 1.82) is 0 Å². The number of alkyl halides is 1. The Hall–Kier alpha value is -1.34. The highest BCUT2D eigenvalue weighted by Gasteiger charge is 2.13. The number of rotatable bonds is 7. The van der Waals surface area contributed by atoms with Crippen molar-refractivity contribution in [3.05, 3.63) is 33.9 Å². The molecule has 0 aliphatic rings. The number of nitro benzene ring substituents is 1. The molecule has 0 aliphatic heterocycles. The molecule has 0 amide bonds. The average Bonchev–Trinajstić information content (AvgIpc) is 2.31. The molecule has 0 atom stereocenters. The van der Waals surface area contributed by atoms with E-state index in [0.29, 0.717) is 30.0 Å². The first-order valence-electron chi connectivity index (χ1n) is 5.67. The molecule has 106 valence electrons. The Morgan fingerprint density at radius 2 is 2.05 bits per heavy atom. The van der Waals surface area contributed by atoms with Crippen molar-refractivity contribution in [1.82, 2.24) is 0 Å². The summed E-state index contributed by atoms with van der Waals surface area (Å²) in [6.45, 7) is 1.61. The SMILES string of the molecule is Cc1cc([N+](=O)[O-])ccc1NS(=O)(=O)CCCCCl. The molecule has 0 heterocycles. The predicted molar refractivity (Wildman–Crippen MR) is 75.2 cm³/mol. The van der Waals surface area contributed by atoms with Crippen molar-refractivity contribution >= 4 is 33.0 Å². The molecule has 0 saturated heterocycles. The first-order valence-corrected chi connectivity index (χ1v) is 7.86. The monoisotopic (exact) mass is 306 g/mol. The Kier molecular flexibility index (Phi) is 5.56. The quantitative estimate of drug-likeness (QED) is 0.363. The van der Waals surface area contributed by atoms with Crippen LogP contribution in [-0.4, -0.2) is 25.0 Å². The third kappa shape index (κ3) is 5.04. The van der Waals surface area contributed by atoms with E-state index >= 15 is 0 Å². The molecule has 0 aromatic heterocycles. The fourth-order valence-corrected chi connectivity index (χ4v) is 2.92. The molecule has 1 N–H and O–H groups in total.